The lowest BCUT2D eigenvalue weighted by Crippen LogP contribution is -2.36. The van der Waals surface area contributed by atoms with Gasteiger partial charge in [-0.1, -0.05) is 48.5 Å². The second-order valence-electron chi connectivity index (χ2n) is 37.9. The Kier molecular flexibility index (Phi) is 26.3. The first-order chi connectivity index (χ1) is 55.6. The number of aromatic nitrogens is 10. The van der Waals surface area contributed by atoms with Gasteiger partial charge in [0.25, 0.3) is 0 Å². The minimum absolute atomic E-state index is 0.113. The first kappa shape index (κ1) is 82.7. The highest BCUT2D eigenvalue weighted by Gasteiger charge is 2.36. The summed E-state index contributed by atoms with van der Waals surface area (Å²) >= 11 is 9.32. The molecule has 0 aromatic carbocycles. The third-order valence-electron chi connectivity index (χ3n) is 27.4. The maximum absolute atomic E-state index is 9.70. The Balaban J connectivity index is 0.000000108. The van der Waals surface area contributed by atoms with E-state index >= 15 is 0 Å². The molecule has 10 aromatic heterocycles. The first-order valence-electron chi connectivity index (χ1n) is 44.1. The van der Waals surface area contributed by atoms with Gasteiger partial charge in [0.15, 0.2) is 0 Å². The molecule has 0 bridgehead atoms. The van der Waals surface area contributed by atoms with Crippen LogP contribution >= 0.6 is 56.7 Å². The highest BCUT2D eigenvalue weighted by atomic mass is 32.1. The molecule has 10 aromatic rings. The summed E-state index contributed by atoms with van der Waals surface area (Å²) < 4.78 is 0. The van der Waals surface area contributed by atoms with E-state index in [9.17, 15) is 10.2 Å². The first-order valence-corrected chi connectivity index (χ1v) is 48.2. The summed E-state index contributed by atoms with van der Waals surface area (Å²) in [5.74, 6) is 7.53. The predicted octanol–water partition coefficient (Wildman–Crippen LogP) is 19.2. The normalized spacial score (nSPS) is 27.5. The Morgan fingerprint density at radius 3 is 0.904 bits per heavy atom. The zero-order valence-corrected chi connectivity index (χ0v) is 74.2. The number of fused-ring (bicyclic) bond motifs is 15. The van der Waals surface area contributed by atoms with Crippen molar-refractivity contribution in [1.82, 2.24) is 60.1 Å². The molecule has 25 heteroatoms. The van der Waals surface area contributed by atoms with Crippen molar-refractivity contribution in [1.29, 1.82) is 0 Å². The van der Waals surface area contributed by atoms with Crippen LogP contribution in [0.3, 0.4) is 0 Å². The van der Waals surface area contributed by atoms with Crippen LogP contribution in [0.15, 0.2) is 31.6 Å². The number of anilines is 5. The van der Waals surface area contributed by atoms with Crippen molar-refractivity contribution >= 4 is 137 Å². The number of nitrogens with one attached hydrogen (secondary N) is 6. The molecule has 20 nitrogen and oxygen atoms in total. The van der Waals surface area contributed by atoms with Crippen LogP contribution in [0.1, 0.15) is 261 Å². The Bertz CT molecular complexity index is 4810. The lowest BCUT2D eigenvalue weighted by molar-refractivity contribution is 0.125. The zero-order chi connectivity index (χ0) is 79.7. The van der Waals surface area contributed by atoms with Crippen LogP contribution in [0.25, 0.3) is 51.1 Å². The minimum atomic E-state index is -0.117. The van der Waals surface area contributed by atoms with Gasteiger partial charge in [0, 0.05) is 72.7 Å². The maximum atomic E-state index is 9.70. The van der Waals surface area contributed by atoms with Crippen molar-refractivity contribution in [2.24, 2.45) is 34.3 Å². The van der Waals surface area contributed by atoms with E-state index in [1.54, 1.807) is 36.5 Å². The fourth-order valence-corrected chi connectivity index (χ4v) is 26.1. The van der Waals surface area contributed by atoms with Crippen molar-refractivity contribution in [2.75, 3.05) is 47.7 Å². The van der Waals surface area contributed by atoms with Crippen LogP contribution < -0.4 is 37.6 Å². The molecule has 10 N–H and O–H groups in total. The van der Waals surface area contributed by atoms with E-state index in [1.807, 2.05) is 56.7 Å². The van der Waals surface area contributed by atoms with Crippen LogP contribution in [0.4, 0.5) is 29.1 Å². The average molecular weight is 1650 g/mol. The molecule has 1 unspecified atom stereocenters. The Labute approximate surface area is 701 Å². The number of aliphatic hydroxyl groups is 2. The summed E-state index contributed by atoms with van der Waals surface area (Å²) in [5, 5.41) is 47.7. The highest BCUT2D eigenvalue weighted by molar-refractivity contribution is 7.20. The maximum Gasteiger partial charge on any atom is 0.138 e. The van der Waals surface area contributed by atoms with E-state index in [0.717, 1.165) is 164 Å². The summed E-state index contributed by atoms with van der Waals surface area (Å²) in [7, 11) is 6.47. The standard InChI is InChI=1S/2C19H28N4S.C18H25N3OS.C17H24N4S.C17H23N3OS/c1-12-4-9-16-15(10-12)17-18(20-11-21-19(17)24-16)22-13-5-7-14(8-6-13)23(2)3;1-19(2)9-8-15-14(10-19)16-17(21-11-22-18(16)24-15)23-13-6-4-12(20-3)5-7-13;1-18(2)8-7-14-13(9-18)15-16(19-10-20-17(15)23-14)21-11-3-5-12(22)6-4-11;1-10-2-7-14-13(8-10)15-16(19-9-20-17(15)22-14)21-12-5-3-11(18)4-6-12;1-10-2-7-14-13(8-10)15-16(18-9-19-17(15)22-14)20-11-3-5-12(21)6-4-11/h11-14H,4-10H2,1-3H3,(H,20,21,22);11-13,20H,4-10H2,1-3H3,(H,21,22,23);10-12,22H,3-9H2,1-2H3,(H,19,20,21);9-12H,2-8,18H2,1H3,(H,19,20,21);9-12,21H,2-8H2,1H3,(H,18,19,20)/t;;;2*10-,11?,12?/m...11/s1. The van der Waals surface area contributed by atoms with Gasteiger partial charge in [0.05, 0.1) is 39.1 Å². The van der Waals surface area contributed by atoms with E-state index in [-0.39, 0.29) is 12.2 Å². The van der Waals surface area contributed by atoms with Gasteiger partial charge in [-0.25, -0.2) is 49.8 Å². The summed E-state index contributed by atoms with van der Waals surface area (Å²) in [6.07, 6.45) is 48.6. The largest absolute Gasteiger partial charge is 0.393 e. The molecule has 10 aliphatic carbocycles. The van der Waals surface area contributed by atoms with Crippen molar-refractivity contribution in [2.45, 2.75) is 334 Å². The van der Waals surface area contributed by atoms with E-state index in [4.69, 9.17) is 5.73 Å². The van der Waals surface area contributed by atoms with Crippen molar-refractivity contribution in [3.8, 4) is 0 Å². The van der Waals surface area contributed by atoms with Gasteiger partial charge in [0.1, 0.15) is 84.9 Å². The number of aryl methyl sites for hydroxylation is 5. The van der Waals surface area contributed by atoms with Gasteiger partial charge >= 0.3 is 0 Å². The molecule has 0 radical (unpaired) electrons. The van der Waals surface area contributed by atoms with E-state index in [2.05, 4.69) is 156 Å². The minimum Gasteiger partial charge on any atom is -0.393 e. The number of nitrogens with zero attached hydrogens (tertiary/aromatic N) is 11. The van der Waals surface area contributed by atoms with Crippen molar-refractivity contribution in [3.63, 3.8) is 0 Å². The number of rotatable bonds is 12. The van der Waals surface area contributed by atoms with Crippen molar-refractivity contribution < 1.29 is 10.2 Å². The van der Waals surface area contributed by atoms with Crippen LogP contribution in [0, 0.1) is 28.6 Å². The summed E-state index contributed by atoms with van der Waals surface area (Å²) in [6.45, 7) is 16.5. The fourth-order valence-electron chi connectivity index (χ4n) is 20.2. The molecule has 3 atom stereocenters. The van der Waals surface area contributed by atoms with Gasteiger partial charge in [0.2, 0.25) is 0 Å². The molecule has 10 heterocycles. The fraction of sp³-hybridized carbons (Fsp3) is 0.667. The molecule has 0 aliphatic heterocycles. The molecule has 115 heavy (non-hydrogen) atoms. The van der Waals surface area contributed by atoms with E-state index in [0.29, 0.717) is 53.1 Å². The summed E-state index contributed by atoms with van der Waals surface area (Å²) in [6, 6.07) is 4.26. The third-order valence-corrected chi connectivity index (χ3v) is 33.4. The Morgan fingerprint density at radius 1 is 0.348 bits per heavy atom. The number of aliphatic hydroxyl groups excluding tert-OH is 2. The molecular formula is C90H128N18O2S5. The topological polar surface area (TPSA) is 271 Å². The smallest absolute Gasteiger partial charge is 0.138 e. The van der Waals surface area contributed by atoms with E-state index in [1.165, 1.54) is 212 Å². The molecule has 0 saturated heterocycles. The van der Waals surface area contributed by atoms with Crippen molar-refractivity contribution in [3.05, 3.63) is 83.8 Å². The lowest BCUT2D eigenvalue weighted by atomic mass is 9.76. The van der Waals surface area contributed by atoms with Crippen LogP contribution in [0.2, 0.25) is 0 Å². The Morgan fingerprint density at radius 2 is 0.609 bits per heavy atom. The number of nitrogens with two attached hydrogens (primary N) is 1. The Hall–Kier alpha value is -6.00. The van der Waals surface area contributed by atoms with Gasteiger partial charge in [-0.2, -0.15) is 0 Å². The second kappa shape index (κ2) is 36.5. The second-order valence-corrected chi connectivity index (χ2v) is 43.3. The van der Waals surface area contributed by atoms with Crippen LogP contribution in [-0.4, -0.2) is 147 Å². The summed E-state index contributed by atoms with van der Waals surface area (Å²) in [4.78, 5) is 61.4. The third kappa shape index (κ3) is 19.6. The van der Waals surface area contributed by atoms with Gasteiger partial charge in [-0.05, 0) is 302 Å². The predicted molar refractivity (Wildman–Crippen MR) is 482 cm³/mol. The van der Waals surface area contributed by atoms with Gasteiger partial charge in [-0.15, -0.1) is 56.7 Å². The number of hydrogen-bond acceptors (Lipinski definition) is 25. The zero-order valence-electron chi connectivity index (χ0n) is 70.1. The monoisotopic (exact) mass is 1650 g/mol. The molecule has 5 fully saturated rings. The number of thiophene rings is 5. The lowest BCUT2D eigenvalue weighted by Gasteiger charge is -2.33. The van der Waals surface area contributed by atoms with Gasteiger partial charge < -0.3 is 52.7 Å². The van der Waals surface area contributed by atoms with Crippen LogP contribution in [-0.2, 0) is 64.2 Å². The summed E-state index contributed by atoms with van der Waals surface area (Å²) in [5.41, 5.74) is 14.3. The van der Waals surface area contributed by atoms with Gasteiger partial charge in [-0.3, -0.25) is 0 Å². The highest BCUT2D eigenvalue weighted by Crippen LogP contribution is 2.49. The van der Waals surface area contributed by atoms with Crippen LogP contribution in [0.5, 0.6) is 0 Å². The van der Waals surface area contributed by atoms with E-state index < -0.39 is 0 Å². The number of hydrogen-bond donors (Lipinski definition) is 9. The molecular weight excluding hydrogens is 1530 g/mol. The molecule has 20 rings (SSSR count). The molecule has 620 valence electrons. The SMILES string of the molecule is CC1(C)CCc2sc3ncnc(NC4CCC(O)CC4)c3c2C1.CC1CCc2sc3ncnc(NC4CCC(N(C)C)CC4)c3c2C1.CNC1CCC(Nc2ncnc3sc4c(c23)CC(C)(C)CC4)CC1.C[C@@H]1CCc2sc3ncnc(NC4CCC(N)CC4)c3c2C1.C[C@@H]1CCc2sc3ncnc(NC4CCC(O)CC4)c3c2C1. The molecule has 0 amide bonds. The molecule has 0 spiro atoms. The molecule has 5 saturated carbocycles. The average Bonchev–Trinajstić information content (AvgIpc) is 1.65. The molecule has 10 aliphatic rings. The quantitative estimate of drug-likeness (QED) is 0.0550.